The fourth-order valence-electron chi connectivity index (χ4n) is 3.36. The van der Waals surface area contributed by atoms with Gasteiger partial charge in [0.1, 0.15) is 23.7 Å². The third-order valence-corrected chi connectivity index (χ3v) is 5.15. The predicted octanol–water partition coefficient (Wildman–Crippen LogP) is 4.25. The smallest absolute Gasteiger partial charge is 0.335 e. The Morgan fingerprint density at radius 1 is 0.939 bits per heavy atom. The van der Waals surface area contributed by atoms with Crippen molar-refractivity contribution in [3.63, 3.8) is 0 Å². The molecule has 0 radical (unpaired) electrons. The maximum atomic E-state index is 13.2. The molecule has 1 saturated heterocycles. The molecule has 0 spiro atoms. The first-order valence-corrected chi connectivity index (χ1v) is 10.3. The summed E-state index contributed by atoms with van der Waals surface area (Å²) in [7, 11) is 1.54. The second kappa shape index (κ2) is 9.40. The van der Waals surface area contributed by atoms with Crippen LogP contribution in [0.4, 0.5) is 10.5 Å². The first-order chi connectivity index (χ1) is 16.0. The van der Waals surface area contributed by atoms with E-state index in [0.29, 0.717) is 22.7 Å². The number of rotatable bonds is 6. The molecule has 3 aromatic rings. The maximum absolute atomic E-state index is 13.2. The topological polar surface area (TPSA) is 84.9 Å². The molecule has 1 aliphatic rings. The van der Waals surface area contributed by atoms with Crippen LogP contribution in [0.3, 0.4) is 0 Å². The Bertz CT molecular complexity index is 1230. The van der Waals surface area contributed by atoms with Gasteiger partial charge in [-0.3, -0.25) is 14.9 Å². The van der Waals surface area contributed by atoms with Crippen molar-refractivity contribution < 1.29 is 23.9 Å². The van der Waals surface area contributed by atoms with E-state index in [1.54, 1.807) is 42.5 Å². The molecule has 3 aromatic carbocycles. The SMILES string of the molecule is COc1ccc(/C=C2\C(=O)NC(=O)N(c3ccc(C)cc3)C2=O)c(OCc2ccccc2)c1. The second-order valence-corrected chi connectivity index (χ2v) is 7.47. The van der Waals surface area contributed by atoms with E-state index in [1.165, 1.54) is 13.2 Å². The van der Waals surface area contributed by atoms with Crippen molar-refractivity contribution in [2.24, 2.45) is 0 Å². The van der Waals surface area contributed by atoms with Gasteiger partial charge in [-0.25, -0.2) is 9.69 Å². The minimum atomic E-state index is -0.790. The second-order valence-electron chi connectivity index (χ2n) is 7.47. The van der Waals surface area contributed by atoms with Crippen molar-refractivity contribution in [1.82, 2.24) is 5.32 Å². The summed E-state index contributed by atoms with van der Waals surface area (Å²) < 4.78 is 11.3. The van der Waals surface area contributed by atoms with Crippen LogP contribution in [-0.4, -0.2) is 25.0 Å². The number of barbiturate groups is 1. The third-order valence-electron chi connectivity index (χ3n) is 5.15. The number of urea groups is 1. The molecule has 33 heavy (non-hydrogen) atoms. The van der Waals surface area contributed by atoms with Gasteiger partial charge in [0, 0.05) is 11.6 Å². The number of ether oxygens (including phenoxy) is 2. The van der Waals surface area contributed by atoms with E-state index in [9.17, 15) is 14.4 Å². The monoisotopic (exact) mass is 442 g/mol. The first kappa shape index (κ1) is 21.8. The Labute approximate surface area is 191 Å². The standard InChI is InChI=1S/C26H22N2O5/c1-17-8-11-20(12-9-17)28-25(30)22(24(29)27-26(28)31)14-19-10-13-21(32-2)15-23(19)33-16-18-6-4-3-5-7-18/h3-15H,16H2,1-2H3,(H,27,29,31)/b22-14+. The molecule has 1 fully saturated rings. The number of anilines is 1. The number of hydrogen-bond acceptors (Lipinski definition) is 5. The molecule has 0 bridgehead atoms. The van der Waals surface area contributed by atoms with Gasteiger partial charge in [0.05, 0.1) is 12.8 Å². The van der Waals surface area contributed by atoms with Crippen molar-refractivity contribution in [1.29, 1.82) is 0 Å². The average molecular weight is 442 g/mol. The van der Waals surface area contributed by atoms with Crippen LogP contribution in [0.2, 0.25) is 0 Å². The minimum Gasteiger partial charge on any atom is -0.497 e. The highest BCUT2D eigenvalue weighted by molar-refractivity contribution is 6.39. The van der Waals surface area contributed by atoms with Crippen molar-refractivity contribution in [2.45, 2.75) is 13.5 Å². The van der Waals surface area contributed by atoms with Crippen LogP contribution in [0.5, 0.6) is 11.5 Å². The molecule has 7 heteroatoms. The molecule has 0 unspecified atom stereocenters. The molecule has 0 atom stereocenters. The largest absolute Gasteiger partial charge is 0.497 e. The van der Waals surface area contributed by atoms with Gasteiger partial charge < -0.3 is 9.47 Å². The lowest BCUT2D eigenvalue weighted by Gasteiger charge is -2.26. The zero-order valence-electron chi connectivity index (χ0n) is 18.2. The molecule has 0 aromatic heterocycles. The molecule has 0 aliphatic carbocycles. The number of imide groups is 2. The molecule has 1 heterocycles. The lowest BCUT2D eigenvalue weighted by molar-refractivity contribution is -0.122. The zero-order valence-corrected chi connectivity index (χ0v) is 18.2. The maximum Gasteiger partial charge on any atom is 0.335 e. The van der Waals surface area contributed by atoms with Crippen LogP contribution in [0.1, 0.15) is 16.7 Å². The number of amides is 4. The Morgan fingerprint density at radius 2 is 1.67 bits per heavy atom. The Kier molecular flexibility index (Phi) is 6.22. The average Bonchev–Trinajstić information content (AvgIpc) is 2.82. The third kappa shape index (κ3) is 4.77. The van der Waals surface area contributed by atoms with Gasteiger partial charge in [0.2, 0.25) is 0 Å². The number of carbonyl (C=O) groups is 3. The summed E-state index contributed by atoms with van der Waals surface area (Å²) in [6.45, 7) is 2.19. The van der Waals surface area contributed by atoms with Gasteiger partial charge in [-0.2, -0.15) is 0 Å². The Morgan fingerprint density at radius 3 is 2.36 bits per heavy atom. The van der Waals surface area contributed by atoms with Gasteiger partial charge in [-0.1, -0.05) is 48.0 Å². The Balaban J connectivity index is 1.68. The number of nitrogens with zero attached hydrogens (tertiary/aromatic N) is 1. The first-order valence-electron chi connectivity index (χ1n) is 10.3. The van der Waals surface area contributed by atoms with Gasteiger partial charge in [-0.05, 0) is 42.8 Å². The van der Waals surface area contributed by atoms with Gasteiger partial charge in [0.15, 0.2) is 0 Å². The quantitative estimate of drug-likeness (QED) is 0.456. The number of benzene rings is 3. The van der Waals surface area contributed by atoms with E-state index in [2.05, 4.69) is 5.32 Å². The van der Waals surface area contributed by atoms with Crippen LogP contribution in [0.15, 0.2) is 78.4 Å². The summed E-state index contributed by atoms with van der Waals surface area (Å²) in [5.41, 5.74) is 2.64. The molecular formula is C26H22N2O5. The van der Waals surface area contributed by atoms with Crippen LogP contribution in [0, 0.1) is 6.92 Å². The Hall–Kier alpha value is -4.39. The number of aryl methyl sites for hydroxylation is 1. The number of nitrogens with one attached hydrogen (secondary N) is 1. The van der Waals surface area contributed by atoms with E-state index < -0.39 is 17.8 Å². The highest BCUT2D eigenvalue weighted by Gasteiger charge is 2.37. The molecule has 1 N–H and O–H groups in total. The molecule has 7 nitrogen and oxygen atoms in total. The highest BCUT2D eigenvalue weighted by atomic mass is 16.5. The lowest BCUT2D eigenvalue weighted by atomic mass is 10.1. The van der Waals surface area contributed by atoms with E-state index >= 15 is 0 Å². The summed E-state index contributed by atoms with van der Waals surface area (Å²) in [6.07, 6.45) is 1.42. The van der Waals surface area contributed by atoms with Crippen molar-refractivity contribution in [2.75, 3.05) is 12.0 Å². The molecule has 1 aliphatic heterocycles. The van der Waals surface area contributed by atoms with Gasteiger partial charge in [-0.15, -0.1) is 0 Å². The van der Waals surface area contributed by atoms with E-state index in [4.69, 9.17) is 9.47 Å². The van der Waals surface area contributed by atoms with Crippen LogP contribution in [-0.2, 0) is 16.2 Å². The zero-order chi connectivity index (χ0) is 23.4. The predicted molar refractivity (Wildman–Crippen MR) is 124 cm³/mol. The van der Waals surface area contributed by atoms with E-state index in [-0.39, 0.29) is 12.2 Å². The molecule has 0 saturated carbocycles. The number of hydrogen-bond donors (Lipinski definition) is 1. The van der Waals surface area contributed by atoms with Crippen molar-refractivity contribution in [3.05, 3.63) is 95.1 Å². The summed E-state index contributed by atoms with van der Waals surface area (Å²) in [6, 6.07) is 20.8. The fourth-order valence-corrected chi connectivity index (χ4v) is 3.36. The minimum absolute atomic E-state index is 0.176. The summed E-state index contributed by atoms with van der Waals surface area (Å²) in [4.78, 5) is 39.1. The number of methoxy groups -OCH3 is 1. The lowest BCUT2D eigenvalue weighted by Crippen LogP contribution is -2.54. The fraction of sp³-hybridized carbons (Fsp3) is 0.115. The van der Waals surface area contributed by atoms with Crippen LogP contribution >= 0.6 is 0 Å². The van der Waals surface area contributed by atoms with E-state index in [1.807, 2.05) is 37.3 Å². The number of carbonyl (C=O) groups excluding carboxylic acids is 3. The summed E-state index contributed by atoms with van der Waals surface area (Å²) in [5, 5.41) is 2.24. The van der Waals surface area contributed by atoms with Gasteiger partial charge in [0.25, 0.3) is 11.8 Å². The van der Waals surface area contributed by atoms with E-state index in [0.717, 1.165) is 16.0 Å². The van der Waals surface area contributed by atoms with Crippen molar-refractivity contribution >= 4 is 29.6 Å². The van der Waals surface area contributed by atoms with Crippen LogP contribution in [0.25, 0.3) is 6.08 Å². The summed E-state index contributed by atoms with van der Waals surface area (Å²) in [5.74, 6) is -0.475. The molecule has 4 amide bonds. The summed E-state index contributed by atoms with van der Waals surface area (Å²) >= 11 is 0. The molecule has 166 valence electrons. The van der Waals surface area contributed by atoms with Crippen molar-refractivity contribution in [3.8, 4) is 11.5 Å². The molecular weight excluding hydrogens is 420 g/mol. The normalized spacial score (nSPS) is 14.9. The molecule has 4 rings (SSSR count). The highest BCUT2D eigenvalue weighted by Crippen LogP contribution is 2.29. The van der Waals surface area contributed by atoms with Gasteiger partial charge >= 0.3 is 6.03 Å². The van der Waals surface area contributed by atoms with Crippen LogP contribution < -0.4 is 19.7 Å².